The Balaban J connectivity index is 2.00. The van der Waals surface area contributed by atoms with Crippen molar-refractivity contribution in [1.82, 2.24) is 5.32 Å². The van der Waals surface area contributed by atoms with E-state index in [1.807, 2.05) is 0 Å². The summed E-state index contributed by atoms with van der Waals surface area (Å²) in [5.74, 6) is -1.30. The summed E-state index contributed by atoms with van der Waals surface area (Å²) in [6, 6.07) is 0.730. The van der Waals surface area contributed by atoms with Gasteiger partial charge in [0.15, 0.2) is 0 Å². The molecule has 0 spiro atoms. The van der Waals surface area contributed by atoms with Gasteiger partial charge in [-0.1, -0.05) is 0 Å². The molecule has 1 heterocycles. The molecule has 1 aromatic rings. The lowest BCUT2D eigenvalue weighted by atomic mass is 10.2. The average Bonchev–Trinajstić information content (AvgIpc) is 2.87. The van der Waals surface area contributed by atoms with Crippen LogP contribution in [0, 0.1) is 5.92 Å². The lowest BCUT2D eigenvalue weighted by Crippen LogP contribution is -2.42. The van der Waals surface area contributed by atoms with Gasteiger partial charge in [-0.3, -0.25) is 4.79 Å². The highest BCUT2D eigenvalue weighted by Gasteiger charge is 2.37. The van der Waals surface area contributed by atoms with Crippen LogP contribution >= 0.6 is 0 Å². The van der Waals surface area contributed by atoms with Crippen LogP contribution in [0.25, 0.3) is 0 Å². The molecule has 80 valence electrons. The number of carboxylic acids is 1. The van der Waals surface area contributed by atoms with E-state index in [1.165, 1.54) is 18.6 Å². The van der Waals surface area contributed by atoms with Gasteiger partial charge in [-0.2, -0.15) is 0 Å². The molecule has 0 aliphatic heterocycles. The maximum atomic E-state index is 11.5. The molecule has 1 aliphatic rings. The number of carbonyl (C=O) groups excluding carboxylic acids is 1. The van der Waals surface area contributed by atoms with Gasteiger partial charge in [-0.25, -0.2) is 4.79 Å². The fourth-order valence-corrected chi connectivity index (χ4v) is 1.43. The van der Waals surface area contributed by atoms with Crippen molar-refractivity contribution >= 4 is 11.9 Å². The molecule has 0 radical (unpaired) electrons. The average molecular weight is 209 g/mol. The minimum absolute atomic E-state index is 0.0818. The standard InChI is InChI=1S/C10H11NO4/c12-9(7-3-4-15-5-7)11-8(10(13)14)6-1-2-6/h3-6,8H,1-2H2,(H,11,12)(H,13,14). The van der Waals surface area contributed by atoms with Crippen LogP contribution < -0.4 is 5.32 Å². The van der Waals surface area contributed by atoms with Gasteiger partial charge >= 0.3 is 5.97 Å². The Labute approximate surface area is 86.1 Å². The van der Waals surface area contributed by atoms with E-state index < -0.39 is 17.9 Å². The molecule has 1 saturated carbocycles. The number of carbonyl (C=O) groups is 2. The van der Waals surface area contributed by atoms with E-state index in [0.717, 1.165) is 12.8 Å². The summed E-state index contributed by atoms with van der Waals surface area (Å²) in [6.07, 6.45) is 4.40. The first-order valence-corrected chi connectivity index (χ1v) is 4.74. The summed E-state index contributed by atoms with van der Waals surface area (Å²) in [4.78, 5) is 22.4. The Bertz CT molecular complexity index is 367. The van der Waals surface area contributed by atoms with Crippen LogP contribution in [0.3, 0.4) is 0 Å². The Morgan fingerprint density at radius 3 is 2.73 bits per heavy atom. The lowest BCUT2D eigenvalue weighted by molar-refractivity contribution is -0.139. The van der Waals surface area contributed by atoms with Crippen molar-refractivity contribution in [2.75, 3.05) is 0 Å². The Morgan fingerprint density at radius 1 is 1.53 bits per heavy atom. The van der Waals surface area contributed by atoms with Crippen LogP contribution in [-0.4, -0.2) is 23.0 Å². The third-order valence-electron chi connectivity index (χ3n) is 2.43. The Morgan fingerprint density at radius 2 is 2.27 bits per heavy atom. The second kappa shape index (κ2) is 3.76. The number of rotatable bonds is 4. The number of aliphatic carboxylic acids is 1. The van der Waals surface area contributed by atoms with Gasteiger partial charge in [-0.05, 0) is 24.8 Å². The van der Waals surface area contributed by atoms with Crippen LogP contribution in [0.2, 0.25) is 0 Å². The van der Waals surface area contributed by atoms with Gasteiger partial charge < -0.3 is 14.8 Å². The predicted molar refractivity (Wildman–Crippen MR) is 50.3 cm³/mol. The zero-order chi connectivity index (χ0) is 10.8. The van der Waals surface area contributed by atoms with Gasteiger partial charge in [0.05, 0.1) is 11.8 Å². The predicted octanol–water partition coefficient (Wildman–Crippen LogP) is 0.873. The highest BCUT2D eigenvalue weighted by atomic mass is 16.4. The SMILES string of the molecule is O=C(NC(C(=O)O)C1CC1)c1ccoc1. The number of amides is 1. The zero-order valence-electron chi connectivity index (χ0n) is 7.97. The molecule has 1 atom stereocenters. The number of hydrogen-bond donors (Lipinski definition) is 2. The molecule has 5 heteroatoms. The van der Waals surface area contributed by atoms with Crippen LogP contribution in [0.1, 0.15) is 23.2 Å². The molecule has 1 amide bonds. The molecule has 2 rings (SSSR count). The summed E-state index contributed by atoms with van der Waals surface area (Å²) >= 11 is 0. The maximum absolute atomic E-state index is 11.5. The molecule has 1 fully saturated rings. The second-order valence-corrected chi connectivity index (χ2v) is 3.64. The Kier molecular flexibility index (Phi) is 2.45. The number of hydrogen-bond acceptors (Lipinski definition) is 3. The second-order valence-electron chi connectivity index (χ2n) is 3.64. The fourth-order valence-electron chi connectivity index (χ4n) is 1.43. The van der Waals surface area contributed by atoms with E-state index in [1.54, 1.807) is 0 Å². The number of carboxylic acid groups (broad SMARTS) is 1. The van der Waals surface area contributed by atoms with E-state index in [2.05, 4.69) is 5.32 Å². The minimum Gasteiger partial charge on any atom is -0.480 e. The molecular weight excluding hydrogens is 198 g/mol. The van der Waals surface area contributed by atoms with Gasteiger partial charge in [0.1, 0.15) is 12.3 Å². The normalized spacial score (nSPS) is 17.1. The van der Waals surface area contributed by atoms with E-state index in [0.29, 0.717) is 5.56 Å². The van der Waals surface area contributed by atoms with E-state index in [4.69, 9.17) is 9.52 Å². The smallest absolute Gasteiger partial charge is 0.326 e. The van der Waals surface area contributed by atoms with E-state index >= 15 is 0 Å². The van der Waals surface area contributed by atoms with Crippen LogP contribution in [0.15, 0.2) is 23.0 Å². The molecule has 0 saturated heterocycles. The van der Waals surface area contributed by atoms with Crippen molar-refractivity contribution < 1.29 is 19.1 Å². The first-order valence-electron chi connectivity index (χ1n) is 4.74. The molecule has 1 aliphatic carbocycles. The molecular formula is C10H11NO4. The largest absolute Gasteiger partial charge is 0.480 e. The third kappa shape index (κ3) is 2.18. The van der Waals surface area contributed by atoms with Crippen molar-refractivity contribution in [2.24, 2.45) is 5.92 Å². The monoisotopic (exact) mass is 209 g/mol. The summed E-state index contributed by atoms with van der Waals surface area (Å²) in [5.41, 5.74) is 0.349. The maximum Gasteiger partial charge on any atom is 0.326 e. The van der Waals surface area contributed by atoms with Gasteiger partial charge in [0.25, 0.3) is 5.91 Å². The third-order valence-corrected chi connectivity index (χ3v) is 2.43. The molecule has 5 nitrogen and oxygen atoms in total. The van der Waals surface area contributed by atoms with Crippen molar-refractivity contribution in [3.8, 4) is 0 Å². The van der Waals surface area contributed by atoms with Crippen molar-refractivity contribution in [3.63, 3.8) is 0 Å². The summed E-state index contributed by atoms with van der Waals surface area (Å²) in [6.45, 7) is 0. The topological polar surface area (TPSA) is 79.5 Å². The quantitative estimate of drug-likeness (QED) is 0.771. The molecule has 0 aromatic carbocycles. The van der Waals surface area contributed by atoms with Gasteiger partial charge in [-0.15, -0.1) is 0 Å². The van der Waals surface area contributed by atoms with Crippen molar-refractivity contribution in [2.45, 2.75) is 18.9 Å². The van der Waals surface area contributed by atoms with Crippen molar-refractivity contribution in [3.05, 3.63) is 24.2 Å². The lowest BCUT2D eigenvalue weighted by Gasteiger charge is -2.12. The molecule has 1 unspecified atom stereocenters. The number of furan rings is 1. The zero-order valence-corrected chi connectivity index (χ0v) is 7.97. The van der Waals surface area contributed by atoms with Crippen LogP contribution in [0.4, 0.5) is 0 Å². The van der Waals surface area contributed by atoms with Crippen molar-refractivity contribution in [1.29, 1.82) is 0 Å². The Hall–Kier alpha value is -1.78. The van der Waals surface area contributed by atoms with Gasteiger partial charge in [0, 0.05) is 0 Å². The highest BCUT2D eigenvalue weighted by Crippen LogP contribution is 2.32. The minimum atomic E-state index is -0.977. The summed E-state index contributed by atoms with van der Waals surface area (Å²) in [7, 11) is 0. The van der Waals surface area contributed by atoms with Gasteiger partial charge in [0.2, 0.25) is 0 Å². The molecule has 15 heavy (non-hydrogen) atoms. The van der Waals surface area contributed by atoms with E-state index in [9.17, 15) is 9.59 Å². The number of nitrogens with one attached hydrogen (secondary N) is 1. The summed E-state index contributed by atoms with van der Waals surface area (Å²) < 4.78 is 4.75. The summed E-state index contributed by atoms with van der Waals surface area (Å²) in [5, 5.41) is 11.4. The van der Waals surface area contributed by atoms with E-state index in [-0.39, 0.29) is 5.92 Å². The van der Waals surface area contributed by atoms with Crippen LogP contribution in [0.5, 0.6) is 0 Å². The molecule has 0 bridgehead atoms. The first-order chi connectivity index (χ1) is 7.18. The first kappa shape index (κ1) is 9.76. The van der Waals surface area contributed by atoms with Crippen LogP contribution in [-0.2, 0) is 4.79 Å². The molecule has 2 N–H and O–H groups in total. The highest BCUT2D eigenvalue weighted by molar-refractivity contribution is 5.96. The molecule has 1 aromatic heterocycles. The fraction of sp³-hybridized carbons (Fsp3) is 0.400.